The van der Waals surface area contributed by atoms with Crippen molar-refractivity contribution in [2.24, 2.45) is 5.73 Å². The van der Waals surface area contributed by atoms with Crippen LogP contribution in [0.3, 0.4) is 0 Å². The number of nitrogens with two attached hydrogens (primary N) is 2. The second-order valence-corrected chi connectivity index (χ2v) is 2.91. The van der Waals surface area contributed by atoms with E-state index in [0.29, 0.717) is 6.07 Å². The number of rotatable bonds is 4. The zero-order chi connectivity index (χ0) is 13.2. The highest BCUT2D eigenvalue weighted by molar-refractivity contribution is 5.97. The molecule has 0 spiro atoms. The van der Waals surface area contributed by atoms with Crippen LogP contribution < -0.4 is 16.2 Å². The van der Waals surface area contributed by atoms with E-state index in [4.69, 9.17) is 11.5 Å². The molecule has 0 aliphatic rings. The highest BCUT2D eigenvalue weighted by Crippen LogP contribution is 2.31. The van der Waals surface area contributed by atoms with Crippen LogP contribution in [0, 0.1) is 10.1 Å². The zero-order valence-electron chi connectivity index (χ0n) is 8.22. The molecule has 0 radical (unpaired) electrons. The van der Waals surface area contributed by atoms with Crippen LogP contribution in [0.2, 0.25) is 0 Å². The molecule has 0 saturated carbocycles. The third-order valence-electron chi connectivity index (χ3n) is 1.81. The first-order valence-corrected chi connectivity index (χ1v) is 4.15. The van der Waals surface area contributed by atoms with Crippen molar-refractivity contribution in [3.8, 4) is 5.75 Å². The van der Waals surface area contributed by atoms with Gasteiger partial charge in [-0.2, -0.15) is 8.78 Å². The van der Waals surface area contributed by atoms with E-state index < -0.39 is 34.4 Å². The number of carbonyl (C=O) groups is 1. The van der Waals surface area contributed by atoms with E-state index >= 15 is 0 Å². The van der Waals surface area contributed by atoms with E-state index in [0.717, 1.165) is 6.07 Å². The van der Waals surface area contributed by atoms with Gasteiger partial charge in [0.2, 0.25) is 0 Å². The molecule has 0 saturated heterocycles. The fraction of sp³-hybridized carbons (Fsp3) is 0.125. The molecule has 1 aromatic rings. The number of nitrogens with zero attached hydrogens (tertiary/aromatic N) is 1. The maximum absolute atomic E-state index is 12.0. The summed E-state index contributed by atoms with van der Waals surface area (Å²) >= 11 is 0. The van der Waals surface area contributed by atoms with E-state index in [-0.39, 0.29) is 5.69 Å². The van der Waals surface area contributed by atoms with Crippen molar-refractivity contribution < 1.29 is 23.2 Å². The van der Waals surface area contributed by atoms with Crippen LogP contribution in [0.15, 0.2) is 12.1 Å². The lowest BCUT2D eigenvalue weighted by molar-refractivity contribution is -0.384. The van der Waals surface area contributed by atoms with Crippen LogP contribution in [0.4, 0.5) is 20.2 Å². The minimum absolute atomic E-state index is 0.370. The number of nitro benzene ring substituents is 1. The van der Waals surface area contributed by atoms with Crippen molar-refractivity contribution in [2.45, 2.75) is 6.61 Å². The van der Waals surface area contributed by atoms with Gasteiger partial charge in [0, 0.05) is 0 Å². The van der Waals surface area contributed by atoms with Crippen LogP contribution in [0.5, 0.6) is 5.75 Å². The molecule has 0 atom stereocenters. The van der Waals surface area contributed by atoms with Crippen molar-refractivity contribution in [3.63, 3.8) is 0 Å². The standard InChI is InChI=1S/C8H7F2N3O4/c9-8(10)17-6-2-5(13(15)16)4(11)1-3(6)7(12)14/h1-2,8H,11H2,(H2,12,14). The van der Waals surface area contributed by atoms with Gasteiger partial charge in [-0.3, -0.25) is 14.9 Å². The van der Waals surface area contributed by atoms with Gasteiger partial charge in [-0.25, -0.2) is 0 Å². The average molecular weight is 247 g/mol. The average Bonchev–Trinajstić information content (AvgIpc) is 2.18. The summed E-state index contributed by atoms with van der Waals surface area (Å²) in [4.78, 5) is 20.5. The Morgan fingerprint density at radius 3 is 2.47 bits per heavy atom. The Balaban J connectivity index is 3.36. The third kappa shape index (κ3) is 2.77. The Kier molecular flexibility index (Phi) is 3.41. The van der Waals surface area contributed by atoms with Gasteiger partial charge >= 0.3 is 6.61 Å². The number of amides is 1. The fourth-order valence-electron chi connectivity index (χ4n) is 1.13. The predicted molar refractivity (Wildman–Crippen MR) is 52.7 cm³/mol. The number of carbonyl (C=O) groups excluding carboxylic acids is 1. The number of halogens is 2. The Bertz CT molecular complexity index is 478. The van der Waals surface area contributed by atoms with Crippen molar-refractivity contribution in [3.05, 3.63) is 27.8 Å². The van der Waals surface area contributed by atoms with Gasteiger partial charge in [0.1, 0.15) is 11.4 Å². The molecule has 0 heterocycles. The summed E-state index contributed by atoms with van der Waals surface area (Å²) in [7, 11) is 0. The Morgan fingerprint density at radius 1 is 1.47 bits per heavy atom. The monoisotopic (exact) mass is 247 g/mol. The number of nitrogen functional groups attached to an aromatic ring is 1. The summed E-state index contributed by atoms with van der Waals surface area (Å²) in [6.07, 6.45) is 0. The Hall–Kier alpha value is -2.45. The molecule has 1 amide bonds. The van der Waals surface area contributed by atoms with E-state index in [1.54, 1.807) is 0 Å². The summed E-state index contributed by atoms with van der Waals surface area (Å²) in [5.74, 6) is -1.77. The van der Waals surface area contributed by atoms with Gasteiger partial charge in [-0.1, -0.05) is 0 Å². The Labute approximate surface area is 93.1 Å². The van der Waals surface area contributed by atoms with Crippen LogP contribution >= 0.6 is 0 Å². The molecule has 4 N–H and O–H groups in total. The molecule has 0 aliphatic heterocycles. The SMILES string of the molecule is NC(=O)c1cc(N)c([N+](=O)[O-])cc1OC(F)F. The molecule has 1 rings (SSSR count). The largest absolute Gasteiger partial charge is 0.434 e. The molecule has 1 aromatic carbocycles. The van der Waals surface area contributed by atoms with Crippen LogP contribution in [0.25, 0.3) is 0 Å². The molecule has 0 fully saturated rings. The highest BCUT2D eigenvalue weighted by atomic mass is 19.3. The first-order chi connectivity index (χ1) is 7.82. The van der Waals surface area contributed by atoms with Gasteiger partial charge < -0.3 is 16.2 Å². The summed E-state index contributed by atoms with van der Waals surface area (Å²) in [6, 6.07) is 1.44. The van der Waals surface area contributed by atoms with E-state index in [9.17, 15) is 23.7 Å². The number of primary amides is 1. The molecule has 92 valence electrons. The molecule has 0 aromatic heterocycles. The minimum Gasteiger partial charge on any atom is -0.434 e. The second-order valence-electron chi connectivity index (χ2n) is 2.91. The minimum atomic E-state index is -3.24. The van der Waals surface area contributed by atoms with Crippen molar-refractivity contribution in [1.82, 2.24) is 0 Å². The van der Waals surface area contributed by atoms with E-state index in [1.807, 2.05) is 0 Å². The number of hydrogen-bond donors (Lipinski definition) is 2. The quantitative estimate of drug-likeness (QED) is 0.464. The Morgan fingerprint density at radius 2 is 2.06 bits per heavy atom. The van der Waals surface area contributed by atoms with Gasteiger partial charge in [-0.15, -0.1) is 0 Å². The lowest BCUT2D eigenvalue weighted by atomic mass is 10.1. The number of ether oxygens (including phenoxy) is 1. The van der Waals surface area contributed by atoms with Crippen molar-refractivity contribution >= 4 is 17.3 Å². The van der Waals surface area contributed by atoms with Gasteiger partial charge in [0.05, 0.1) is 16.6 Å². The number of anilines is 1. The molecule has 0 aliphatic carbocycles. The summed E-state index contributed by atoms with van der Waals surface area (Å²) in [6.45, 7) is -3.24. The lowest BCUT2D eigenvalue weighted by Crippen LogP contribution is -2.15. The van der Waals surface area contributed by atoms with Gasteiger partial charge in [0.25, 0.3) is 11.6 Å². The van der Waals surface area contributed by atoms with Crippen LogP contribution in [0.1, 0.15) is 10.4 Å². The topological polar surface area (TPSA) is 121 Å². The normalized spacial score (nSPS) is 10.3. The van der Waals surface area contributed by atoms with E-state index in [1.165, 1.54) is 0 Å². The van der Waals surface area contributed by atoms with E-state index in [2.05, 4.69) is 4.74 Å². The van der Waals surface area contributed by atoms with Crippen molar-refractivity contribution in [1.29, 1.82) is 0 Å². The molecule has 7 nitrogen and oxygen atoms in total. The second kappa shape index (κ2) is 4.60. The molecule has 0 bridgehead atoms. The fourth-order valence-corrected chi connectivity index (χ4v) is 1.13. The first kappa shape index (κ1) is 12.6. The highest BCUT2D eigenvalue weighted by Gasteiger charge is 2.21. The maximum Gasteiger partial charge on any atom is 0.387 e. The third-order valence-corrected chi connectivity index (χ3v) is 1.81. The number of hydrogen-bond acceptors (Lipinski definition) is 5. The summed E-state index contributed by atoms with van der Waals surface area (Å²) in [5, 5.41) is 10.5. The van der Waals surface area contributed by atoms with Gasteiger partial charge in [0.15, 0.2) is 0 Å². The molecular formula is C8H7F2N3O4. The lowest BCUT2D eigenvalue weighted by Gasteiger charge is -2.09. The predicted octanol–water partition coefficient (Wildman–Crippen LogP) is 0.877. The molecule has 0 unspecified atom stereocenters. The van der Waals surface area contributed by atoms with Crippen molar-refractivity contribution in [2.75, 3.05) is 5.73 Å². The summed E-state index contributed by atoms with van der Waals surface area (Å²) < 4.78 is 28.0. The zero-order valence-corrected chi connectivity index (χ0v) is 8.22. The number of alkyl halides is 2. The number of benzene rings is 1. The summed E-state index contributed by atoms with van der Waals surface area (Å²) in [5.41, 5.74) is 8.70. The van der Waals surface area contributed by atoms with Crippen LogP contribution in [-0.2, 0) is 0 Å². The van der Waals surface area contributed by atoms with Crippen LogP contribution in [-0.4, -0.2) is 17.4 Å². The molecule has 9 heteroatoms. The van der Waals surface area contributed by atoms with Gasteiger partial charge in [-0.05, 0) is 6.07 Å². The first-order valence-electron chi connectivity index (χ1n) is 4.15. The maximum atomic E-state index is 12.0. The smallest absolute Gasteiger partial charge is 0.387 e. The number of nitro groups is 1. The molecule has 17 heavy (non-hydrogen) atoms. The molecular weight excluding hydrogens is 240 g/mol.